The maximum Gasteiger partial charge on any atom is 0.341 e. The normalized spacial score (nSPS) is 10.7. The van der Waals surface area contributed by atoms with Gasteiger partial charge in [0.05, 0.1) is 13.7 Å². The summed E-state index contributed by atoms with van der Waals surface area (Å²) in [6.07, 6.45) is 7.87. The number of carboxylic acid groups (broad SMARTS) is 1. The minimum atomic E-state index is -1.09. The predicted octanol–water partition coefficient (Wildman–Crippen LogP) is 5.01. The topological polar surface area (TPSA) is 82.1 Å². The fraction of sp³-hybridized carbons (Fsp3) is 0.333. The lowest BCUT2D eigenvalue weighted by atomic mass is 10.1. The van der Waals surface area contributed by atoms with Crippen LogP contribution < -0.4 is 14.2 Å². The SMILES string of the molecule is CCCCCCOc1ccc(/C=C/C(=O)c2ccc(OCC(=O)O)c(OC)c2)cc1. The molecule has 0 saturated heterocycles. The number of ether oxygens (including phenoxy) is 3. The summed E-state index contributed by atoms with van der Waals surface area (Å²) in [6, 6.07) is 12.2. The number of unbranched alkanes of at least 4 members (excludes halogenated alkanes) is 3. The van der Waals surface area contributed by atoms with Crippen molar-refractivity contribution in [2.75, 3.05) is 20.3 Å². The Hall–Kier alpha value is -3.28. The molecule has 0 heterocycles. The molecule has 0 spiro atoms. The zero-order valence-corrected chi connectivity index (χ0v) is 17.4. The molecule has 6 nitrogen and oxygen atoms in total. The van der Waals surface area contributed by atoms with Crippen molar-refractivity contribution in [1.29, 1.82) is 0 Å². The van der Waals surface area contributed by atoms with Crippen LogP contribution in [-0.2, 0) is 4.79 Å². The summed E-state index contributed by atoms with van der Waals surface area (Å²) in [6.45, 7) is 2.41. The highest BCUT2D eigenvalue weighted by molar-refractivity contribution is 6.07. The van der Waals surface area contributed by atoms with E-state index in [1.165, 1.54) is 44.6 Å². The molecule has 0 aromatic heterocycles. The molecule has 6 heteroatoms. The number of aliphatic carboxylic acids is 1. The molecule has 0 aliphatic heterocycles. The summed E-state index contributed by atoms with van der Waals surface area (Å²) >= 11 is 0. The quantitative estimate of drug-likeness (QED) is 0.283. The molecule has 0 bridgehead atoms. The summed E-state index contributed by atoms with van der Waals surface area (Å²) < 4.78 is 16.1. The van der Waals surface area contributed by atoms with Gasteiger partial charge in [0.1, 0.15) is 5.75 Å². The Labute approximate surface area is 177 Å². The van der Waals surface area contributed by atoms with Gasteiger partial charge < -0.3 is 19.3 Å². The average molecular weight is 412 g/mol. The van der Waals surface area contributed by atoms with Crippen LogP contribution in [0.25, 0.3) is 6.08 Å². The van der Waals surface area contributed by atoms with E-state index in [0.717, 1.165) is 17.7 Å². The molecule has 160 valence electrons. The molecule has 0 saturated carbocycles. The van der Waals surface area contributed by atoms with Crippen LogP contribution >= 0.6 is 0 Å². The number of hydrogen-bond donors (Lipinski definition) is 1. The Bertz CT molecular complexity index is 854. The molecular weight excluding hydrogens is 384 g/mol. The van der Waals surface area contributed by atoms with E-state index in [1.54, 1.807) is 12.1 Å². The van der Waals surface area contributed by atoms with Gasteiger partial charge in [0.2, 0.25) is 0 Å². The number of carbonyl (C=O) groups excluding carboxylic acids is 1. The molecule has 2 rings (SSSR count). The standard InChI is InChI=1S/C24H28O6/c1-3-4-5-6-15-29-20-11-7-18(8-12-20)9-13-21(25)19-10-14-22(23(16-19)28-2)30-17-24(26)27/h7-14,16H,3-6,15,17H2,1-2H3,(H,26,27)/b13-9+. The molecule has 0 fully saturated rings. The van der Waals surface area contributed by atoms with E-state index in [0.29, 0.717) is 17.9 Å². The van der Waals surface area contributed by atoms with Gasteiger partial charge in [-0.3, -0.25) is 4.79 Å². The van der Waals surface area contributed by atoms with Crippen LogP contribution in [0.5, 0.6) is 17.2 Å². The van der Waals surface area contributed by atoms with Gasteiger partial charge in [-0.25, -0.2) is 4.79 Å². The second-order valence-corrected chi connectivity index (χ2v) is 6.72. The van der Waals surface area contributed by atoms with Crippen molar-refractivity contribution in [1.82, 2.24) is 0 Å². The molecule has 0 radical (unpaired) electrons. The van der Waals surface area contributed by atoms with Crippen molar-refractivity contribution >= 4 is 17.8 Å². The van der Waals surface area contributed by atoms with Crippen LogP contribution in [0.2, 0.25) is 0 Å². The van der Waals surface area contributed by atoms with Crippen molar-refractivity contribution < 1.29 is 28.9 Å². The number of allylic oxidation sites excluding steroid dienone is 1. The number of ketones is 1. The first-order chi connectivity index (χ1) is 14.5. The summed E-state index contributed by atoms with van der Waals surface area (Å²) in [5, 5.41) is 8.71. The monoisotopic (exact) mass is 412 g/mol. The van der Waals surface area contributed by atoms with Crippen LogP contribution in [-0.4, -0.2) is 37.2 Å². The Morgan fingerprint density at radius 1 is 0.967 bits per heavy atom. The van der Waals surface area contributed by atoms with E-state index in [1.807, 2.05) is 24.3 Å². The first-order valence-electron chi connectivity index (χ1n) is 10.0. The van der Waals surface area contributed by atoms with E-state index in [2.05, 4.69) is 6.92 Å². The number of carbonyl (C=O) groups is 2. The summed E-state index contributed by atoms with van der Waals surface area (Å²) in [5.74, 6) is 0.0979. The van der Waals surface area contributed by atoms with E-state index in [4.69, 9.17) is 19.3 Å². The summed E-state index contributed by atoms with van der Waals surface area (Å²) in [7, 11) is 1.43. The Morgan fingerprint density at radius 3 is 2.40 bits per heavy atom. The lowest BCUT2D eigenvalue weighted by Crippen LogP contribution is -2.10. The third kappa shape index (κ3) is 7.62. The van der Waals surface area contributed by atoms with Gasteiger partial charge in [0.15, 0.2) is 23.9 Å². The van der Waals surface area contributed by atoms with Crippen LogP contribution in [0, 0.1) is 0 Å². The van der Waals surface area contributed by atoms with Crippen molar-refractivity contribution in [2.24, 2.45) is 0 Å². The largest absolute Gasteiger partial charge is 0.494 e. The maximum absolute atomic E-state index is 12.5. The number of hydrogen-bond acceptors (Lipinski definition) is 5. The van der Waals surface area contributed by atoms with Crippen LogP contribution in [0.15, 0.2) is 48.5 Å². The highest BCUT2D eigenvalue weighted by Gasteiger charge is 2.10. The van der Waals surface area contributed by atoms with E-state index >= 15 is 0 Å². The van der Waals surface area contributed by atoms with Gasteiger partial charge in [0, 0.05) is 5.56 Å². The fourth-order valence-electron chi connectivity index (χ4n) is 2.74. The van der Waals surface area contributed by atoms with Crippen LogP contribution in [0.3, 0.4) is 0 Å². The van der Waals surface area contributed by atoms with E-state index < -0.39 is 12.6 Å². The van der Waals surface area contributed by atoms with Crippen LogP contribution in [0.4, 0.5) is 0 Å². The van der Waals surface area contributed by atoms with Gasteiger partial charge >= 0.3 is 5.97 Å². The second kappa shape index (κ2) is 12.3. The second-order valence-electron chi connectivity index (χ2n) is 6.72. The molecule has 0 atom stereocenters. The van der Waals surface area contributed by atoms with Crippen molar-refractivity contribution in [3.63, 3.8) is 0 Å². The minimum Gasteiger partial charge on any atom is -0.494 e. The van der Waals surface area contributed by atoms with E-state index in [-0.39, 0.29) is 11.5 Å². The summed E-state index contributed by atoms with van der Waals surface area (Å²) in [4.78, 5) is 23.1. The Balaban J connectivity index is 1.94. The zero-order valence-electron chi connectivity index (χ0n) is 17.4. The van der Waals surface area contributed by atoms with Gasteiger partial charge in [0.25, 0.3) is 0 Å². The smallest absolute Gasteiger partial charge is 0.341 e. The average Bonchev–Trinajstić information content (AvgIpc) is 2.76. The van der Waals surface area contributed by atoms with Crippen molar-refractivity contribution in [3.05, 3.63) is 59.7 Å². The number of methoxy groups -OCH3 is 1. The molecule has 30 heavy (non-hydrogen) atoms. The number of carboxylic acids is 1. The lowest BCUT2D eigenvalue weighted by Gasteiger charge is -2.10. The molecule has 1 N–H and O–H groups in total. The molecule has 2 aromatic rings. The van der Waals surface area contributed by atoms with Gasteiger partial charge in [-0.2, -0.15) is 0 Å². The third-order valence-corrected chi connectivity index (χ3v) is 4.37. The van der Waals surface area contributed by atoms with Crippen molar-refractivity contribution in [3.8, 4) is 17.2 Å². The minimum absolute atomic E-state index is 0.200. The van der Waals surface area contributed by atoms with Crippen molar-refractivity contribution in [2.45, 2.75) is 32.6 Å². The van der Waals surface area contributed by atoms with Gasteiger partial charge in [-0.15, -0.1) is 0 Å². The van der Waals surface area contributed by atoms with Gasteiger partial charge in [-0.1, -0.05) is 44.4 Å². The molecule has 0 unspecified atom stereocenters. The Morgan fingerprint density at radius 2 is 1.73 bits per heavy atom. The molecule has 2 aromatic carbocycles. The van der Waals surface area contributed by atoms with E-state index in [9.17, 15) is 9.59 Å². The van der Waals surface area contributed by atoms with Crippen LogP contribution in [0.1, 0.15) is 48.5 Å². The number of benzene rings is 2. The molecular formula is C24H28O6. The first kappa shape index (κ1) is 23.0. The zero-order chi connectivity index (χ0) is 21.8. The fourth-order valence-corrected chi connectivity index (χ4v) is 2.74. The Kier molecular flexibility index (Phi) is 9.45. The maximum atomic E-state index is 12.5. The number of rotatable bonds is 13. The summed E-state index contributed by atoms with van der Waals surface area (Å²) in [5.41, 5.74) is 1.30. The highest BCUT2D eigenvalue weighted by Crippen LogP contribution is 2.28. The third-order valence-electron chi connectivity index (χ3n) is 4.37. The molecule has 0 aliphatic carbocycles. The molecule has 0 amide bonds. The first-order valence-corrected chi connectivity index (χ1v) is 10.0. The lowest BCUT2D eigenvalue weighted by molar-refractivity contribution is -0.139. The van der Waals surface area contributed by atoms with Gasteiger partial charge in [-0.05, 0) is 48.4 Å². The highest BCUT2D eigenvalue weighted by atomic mass is 16.5. The molecule has 0 aliphatic rings. The predicted molar refractivity (Wildman–Crippen MR) is 116 cm³/mol.